The van der Waals surface area contributed by atoms with Crippen molar-refractivity contribution in [2.45, 2.75) is 34.2 Å². The first kappa shape index (κ1) is 15.1. The lowest BCUT2D eigenvalue weighted by molar-refractivity contribution is 0.0451. The van der Waals surface area contributed by atoms with Crippen molar-refractivity contribution in [3.8, 4) is 0 Å². The molecule has 2 aromatic rings. The fourth-order valence-electron chi connectivity index (χ4n) is 1.73. The molecular formula is C13H20N6O2. The fraction of sp³-hybridized carbons (Fsp3) is 0.615. The minimum atomic E-state index is -0.443. The Morgan fingerprint density at radius 3 is 2.52 bits per heavy atom. The number of nitrogens with zero attached hydrogens (tertiary/aromatic N) is 6. The van der Waals surface area contributed by atoms with E-state index in [2.05, 4.69) is 20.5 Å². The van der Waals surface area contributed by atoms with Gasteiger partial charge in [-0.05, 0) is 19.8 Å². The monoisotopic (exact) mass is 292 g/mol. The Hall–Kier alpha value is -2.25. The molecule has 2 heterocycles. The first-order chi connectivity index (χ1) is 9.90. The minimum absolute atomic E-state index is 0.245. The first-order valence-electron chi connectivity index (χ1n) is 6.82. The van der Waals surface area contributed by atoms with Gasteiger partial charge >= 0.3 is 5.97 Å². The Morgan fingerprint density at radius 1 is 1.24 bits per heavy atom. The van der Waals surface area contributed by atoms with Crippen molar-refractivity contribution in [2.24, 2.45) is 13.0 Å². The fourth-order valence-corrected chi connectivity index (χ4v) is 1.73. The van der Waals surface area contributed by atoms with Crippen LogP contribution in [0.4, 0.5) is 0 Å². The van der Waals surface area contributed by atoms with Gasteiger partial charge in [-0.15, -0.1) is 15.3 Å². The van der Waals surface area contributed by atoms with Gasteiger partial charge in [-0.25, -0.2) is 9.48 Å². The van der Waals surface area contributed by atoms with E-state index in [1.807, 2.05) is 32.4 Å². The Bertz CT molecular complexity index is 643. The average Bonchev–Trinajstić information content (AvgIpc) is 2.94. The van der Waals surface area contributed by atoms with Gasteiger partial charge in [-0.1, -0.05) is 19.1 Å². The first-order valence-corrected chi connectivity index (χ1v) is 6.82. The molecule has 0 N–H and O–H groups in total. The number of aromatic nitrogens is 6. The van der Waals surface area contributed by atoms with Crippen LogP contribution in [-0.4, -0.2) is 42.3 Å². The number of carbonyl (C=O) groups excluding carboxylic acids is 1. The van der Waals surface area contributed by atoms with E-state index in [4.69, 9.17) is 4.74 Å². The summed E-state index contributed by atoms with van der Waals surface area (Å²) in [7, 11) is 1.88. The number of carbonyl (C=O) groups is 1. The molecule has 0 radical (unpaired) electrons. The molecule has 0 spiro atoms. The highest BCUT2D eigenvalue weighted by atomic mass is 16.5. The quantitative estimate of drug-likeness (QED) is 0.760. The molecule has 0 saturated heterocycles. The average molecular weight is 292 g/mol. The molecule has 2 aromatic heterocycles. The summed E-state index contributed by atoms with van der Waals surface area (Å²) in [6, 6.07) is 0. The molecular weight excluding hydrogens is 272 g/mol. The van der Waals surface area contributed by atoms with E-state index in [1.165, 1.54) is 0 Å². The van der Waals surface area contributed by atoms with Crippen molar-refractivity contribution in [3.05, 3.63) is 23.0 Å². The number of aryl methyl sites for hydroxylation is 1. The summed E-state index contributed by atoms with van der Waals surface area (Å²) >= 11 is 0. The molecule has 2 rings (SSSR count). The second-order valence-corrected chi connectivity index (χ2v) is 5.40. The Morgan fingerprint density at radius 2 is 1.95 bits per heavy atom. The summed E-state index contributed by atoms with van der Waals surface area (Å²) in [6.07, 6.45) is 0. The molecule has 8 heteroatoms. The van der Waals surface area contributed by atoms with Crippen LogP contribution in [0.5, 0.6) is 0 Å². The second kappa shape index (κ2) is 6.02. The van der Waals surface area contributed by atoms with Gasteiger partial charge in [0.2, 0.25) is 0 Å². The van der Waals surface area contributed by atoms with Crippen LogP contribution in [-0.2, 0) is 18.3 Å². The molecule has 114 valence electrons. The maximum atomic E-state index is 11.9. The summed E-state index contributed by atoms with van der Waals surface area (Å²) < 4.78 is 8.67. The minimum Gasteiger partial charge on any atom is -0.461 e. The van der Waals surface area contributed by atoms with Crippen LogP contribution in [0.25, 0.3) is 0 Å². The van der Waals surface area contributed by atoms with Crippen LogP contribution in [0.3, 0.4) is 0 Å². The van der Waals surface area contributed by atoms with E-state index in [1.54, 1.807) is 11.6 Å². The Labute approximate surface area is 123 Å². The number of esters is 1. The van der Waals surface area contributed by atoms with Gasteiger partial charge in [-0.2, -0.15) is 0 Å². The summed E-state index contributed by atoms with van der Waals surface area (Å²) in [4.78, 5) is 11.9. The third-order valence-electron chi connectivity index (χ3n) is 3.20. The van der Waals surface area contributed by atoms with Crippen LogP contribution in [0, 0.1) is 19.8 Å². The van der Waals surface area contributed by atoms with Crippen molar-refractivity contribution >= 4 is 5.97 Å². The summed E-state index contributed by atoms with van der Waals surface area (Å²) in [5, 5.41) is 16.0. The van der Waals surface area contributed by atoms with Gasteiger partial charge in [0.1, 0.15) is 12.4 Å². The zero-order valence-electron chi connectivity index (χ0n) is 13.0. The lowest BCUT2D eigenvalue weighted by Crippen LogP contribution is -2.13. The predicted molar refractivity (Wildman–Crippen MR) is 74.7 cm³/mol. The van der Waals surface area contributed by atoms with Crippen LogP contribution in [0.2, 0.25) is 0 Å². The van der Waals surface area contributed by atoms with Crippen LogP contribution >= 0.6 is 0 Å². The van der Waals surface area contributed by atoms with E-state index in [0.717, 1.165) is 11.6 Å². The van der Waals surface area contributed by atoms with Crippen molar-refractivity contribution in [3.63, 3.8) is 0 Å². The highest BCUT2D eigenvalue weighted by Crippen LogP contribution is 2.09. The third kappa shape index (κ3) is 3.26. The summed E-state index contributed by atoms with van der Waals surface area (Å²) in [6.45, 7) is 8.40. The van der Waals surface area contributed by atoms with E-state index >= 15 is 0 Å². The standard InChI is InChI=1S/C13H20N6O2/c1-8(2)7-21-13(20)12-9(3)19(17-16-12)6-11-15-14-10(4)18(11)5/h8H,6-7H2,1-5H3. The number of hydrogen-bond donors (Lipinski definition) is 0. The molecule has 0 fully saturated rings. The van der Waals surface area contributed by atoms with Gasteiger partial charge in [0.15, 0.2) is 11.5 Å². The normalized spacial score (nSPS) is 11.1. The van der Waals surface area contributed by atoms with Crippen LogP contribution in [0.15, 0.2) is 0 Å². The molecule has 0 bridgehead atoms. The molecule has 0 aliphatic carbocycles. The SMILES string of the molecule is Cc1c(C(=O)OCC(C)C)nnn1Cc1nnc(C)n1C. The molecule has 0 unspecified atom stereocenters. The zero-order chi connectivity index (χ0) is 15.6. The Balaban J connectivity index is 2.13. The van der Waals surface area contributed by atoms with Crippen molar-refractivity contribution in [1.82, 2.24) is 29.8 Å². The van der Waals surface area contributed by atoms with Gasteiger partial charge in [0.05, 0.1) is 12.3 Å². The van der Waals surface area contributed by atoms with Crippen molar-refractivity contribution < 1.29 is 9.53 Å². The molecule has 0 amide bonds. The smallest absolute Gasteiger partial charge is 0.360 e. The second-order valence-electron chi connectivity index (χ2n) is 5.40. The number of ether oxygens (including phenoxy) is 1. The maximum absolute atomic E-state index is 11.9. The molecule has 0 atom stereocenters. The predicted octanol–water partition coefficient (Wildman–Crippen LogP) is 0.885. The summed E-state index contributed by atoms with van der Waals surface area (Å²) in [5.74, 6) is 1.41. The van der Waals surface area contributed by atoms with Gasteiger partial charge in [0.25, 0.3) is 0 Å². The molecule has 0 aromatic carbocycles. The van der Waals surface area contributed by atoms with E-state index in [0.29, 0.717) is 18.8 Å². The van der Waals surface area contributed by atoms with Gasteiger partial charge < -0.3 is 9.30 Å². The van der Waals surface area contributed by atoms with Crippen LogP contribution in [0.1, 0.15) is 41.7 Å². The molecule has 21 heavy (non-hydrogen) atoms. The topological polar surface area (TPSA) is 87.7 Å². The summed E-state index contributed by atoms with van der Waals surface area (Å²) in [5.41, 5.74) is 0.902. The lowest BCUT2D eigenvalue weighted by Gasteiger charge is -2.06. The van der Waals surface area contributed by atoms with Crippen molar-refractivity contribution in [1.29, 1.82) is 0 Å². The third-order valence-corrected chi connectivity index (χ3v) is 3.20. The largest absolute Gasteiger partial charge is 0.461 e. The highest BCUT2D eigenvalue weighted by molar-refractivity contribution is 5.88. The maximum Gasteiger partial charge on any atom is 0.360 e. The van der Waals surface area contributed by atoms with E-state index in [9.17, 15) is 4.79 Å². The van der Waals surface area contributed by atoms with E-state index in [-0.39, 0.29) is 11.6 Å². The Kier molecular flexibility index (Phi) is 4.35. The zero-order valence-corrected chi connectivity index (χ0v) is 13.0. The molecule has 0 aliphatic heterocycles. The van der Waals surface area contributed by atoms with Gasteiger partial charge in [0, 0.05) is 7.05 Å². The highest BCUT2D eigenvalue weighted by Gasteiger charge is 2.19. The van der Waals surface area contributed by atoms with Crippen LogP contribution < -0.4 is 0 Å². The molecule has 0 saturated carbocycles. The number of hydrogen-bond acceptors (Lipinski definition) is 6. The lowest BCUT2D eigenvalue weighted by atomic mass is 10.2. The van der Waals surface area contributed by atoms with Gasteiger partial charge in [-0.3, -0.25) is 0 Å². The molecule has 0 aliphatic rings. The molecule has 8 nitrogen and oxygen atoms in total. The van der Waals surface area contributed by atoms with E-state index < -0.39 is 5.97 Å². The number of rotatable bonds is 5. The van der Waals surface area contributed by atoms with Crippen molar-refractivity contribution in [2.75, 3.05) is 6.61 Å².